The molecule has 3 heterocycles. The Morgan fingerprint density at radius 3 is 3.17 bits per heavy atom. The maximum absolute atomic E-state index is 12.4. The van der Waals surface area contributed by atoms with Crippen LogP contribution in [0.15, 0.2) is 18.2 Å². The first-order valence-corrected chi connectivity index (χ1v) is 6.70. The molecular formula is C14H19N3O. The Bertz CT molecular complexity index is 460. The molecule has 0 aliphatic carbocycles. The molecule has 2 fully saturated rings. The molecule has 1 aromatic heterocycles. The number of carbonyl (C=O) groups is 1. The number of nitrogens with zero attached hydrogens (tertiary/aromatic N) is 2. The van der Waals surface area contributed by atoms with Crippen LogP contribution in [-0.4, -0.2) is 41.5 Å². The Labute approximate surface area is 107 Å². The van der Waals surface area contributed by atoms with Crippen molar-refractivity contribution in [1.82, 2.24) is 15.2 Å². The molecule has 0 bridgehead atoms. The van der Waals surface area contributed by atoms with Gasteiger partial charge in [-0.15, -0.1) is 0 Å². The summed E-state index contributed by atoms with van der Waals surface area (Å²) in [5.74, 6) is 0.719. The van der Waals surface area contributed by atoms with Gasteiger partial charge in [0.1, 0.15) is 5.69 Å². The van der Waals surface area contributed by atoms with E-state index in [4.69, 9.17) is 0 Å². The highest BCUT2D eigenvalue weighted by molar-refractivity contribution is 5.92. The van der Waals surface area contributed by atoms with E-state index < -0.39 is 0 Å². The Morgan fingerprint density at radius 2 is 2.33 bits per heavy atom. The molecule has 2 atom stereocenters. The highest BCUT2D eigenvalue weighted by Crippen LogP contribution is 2.25. The number of hydrogen-bond donors (Lipinski definition) is 1. The zero-order valence-corrected chi connectivity index (χ0v) is 10.7. The van der Waals surface area contributed by atoms with Gasteiger partial charge in [-0.25, -0.2) is 4.98 Å². The molecule has 2 saturated heterocycles. The number of pyridine rings is 1. The average Bonchev–Trinajstić information content (AvgIpc) is 2.85. The Hall–Kier alpha value is -1.42. The molecule has 0 radical (unpaired) electrons. The van der Waals surface area contributed by atoms with Crippen LogP contribution in [0.1, 0.15) is 29.0 Å². The minimum atomic E-state index is 0.0871. The van der Waals surface area contributed by atoms with Crippen LogP contribution in [0.25, 0.3) is 0 Å². The van der Waals surface area contributed by atoms with E-state index in [1.54, 1.807) is 0 Å². The molecule has 1 N–H and O–H groups in total. The molecule has 2 unspecified atom stereocenters. The predicted molar refractivity (Wildman–Crippen MR) is 69.4 cm³/mol. The summed E-state index contributed by atoms with van der Waals surface area (Å²) in [4.78, 5) is 18.7. The molecular weight excluding hydrogens is 226 g/mol. The predicted octanol–water partition coefficient (Wildman–Crippen LogP) is 1.21. The van der Waals surface area contributed by atoms with Crippen LogP contribution in [0.2, 0.25) is 0 Å². The standard InChI is InChI=1S/C14H19N3O/c1-10-3-2-4-13(16-10)14(18)17-8-6-12-11(9-17)5-7-15-12/h2-4,11-12,15H,5-9H2,1H3. The molecule has 18 heavy (non-hydrogen) atoms. The van der Waals surface area contributed by atoms with Gasteiger partial charge in [-0.05, 0) is 44.4 Å². The van der Waals surface area contributed by atoms with Gasteiger partial charge in [0.25, 0.3) is 5.91 Å². The van der Waals surface area contributed by atoms with Crippen LogP contribution in [-0.2, 0) is 0 Å². The van der Waals surface area contributed by atoms with Gasteiger partial charge in [-0.1, -0.05) is 6.07 Å². The van der Waals surface area contributed by atoms with Crippen molar-refractivity contribution in [3.8, 4) is 0 Å². The van der Waals surface area contributed by atoms with Crippen LogP contribution in [0, 0.1) is 12.8 Å². The Kier molecular flexibility index (Phi) is 3.04. The first kappa shape index (κ1) is 11.7. The van der Waals surface area contributed by atoms with E-state index in [2.05, 4.69) is 10.3 Å². The highest BCUT2D eigenvalue weighted by atomic mass is 16.2. The van der Waals surface area contributed by atoms with Gasteiger partial charge < -0.3 is 10.2 Å². The lowest BCUT2D eigenvalue weighted by Gasteiger charge is -2.34. The van der Waals surface area contributed by atoms with Crippen LogP contribution >= 0.6 is 0 Å². The fourth-order valence-electron chi connectivity index (χ4n) is 3.06. The zero-order valence-electron chi connectivity index (χ0n) is 10.7. The number of fused-ring (bicyclic) bond motifs is 1. The second kappa shape index (κ2) is 4.69. The summed E-state index contributed by atoms with van der Waals surface area (Å²) in [7, 11) is 0. The maximum Gasteiger partial charge on any atom is 0.272 e. The number of hydrogen-bond acceptors (Lipinski definition) is 3. The molecule has 0 spiro atoms. The van der Waals surface area contributed by atoms with E-state index in [1.165, 1.54) is 6.42 Å². The van der Waals surface area contributed by atoms with Crippen LogP contribution in [0.5, 0.6) is 0 Å². The number of aromatic nitrogens is 1. The van der Waals surface area contributed by atoms with E-state index in [0.717, 1.165) is 31.7 Å². The molecule has 96 valence electrons. The summed E-state index contributed by atoms with van der Waals surface area (Å²) in [6.45, 7) is 4.75. The molecule has 4 heteroatoms. The summed E-state index contributed by atoms with van der Waals surface area (Å²) < 4.78 is 0. The first-order valence-electron chi connectivity index (χ1n) is 6.70. The number of likely N-dealkylation sites (tertiary alicyclic amines) is 1. The molecule has 3 rings (SSSR count). The number of nitrogens with one attached hydrogen (secondary N) is 1. The third kappa shape index (κ3) is 2.12. The monoisotopic (exact) mass is 245 g/mol. The third-order valence-electron chi connectivity index (χ3n) is 4.05. The van der Waals surface area contributed by atoms with Crippen molar-refractivity contribution in [1.29, 1.82) is 0 Å². The van der Waals surface area contributed by atoms with Crippen LogP contribution in [0.3, 0.4) is 0 Å². The third-order valence-corrected chi connectivity index (χ3v) is 4.05. The van der Waals surface area contributed by atoms with E-state index >= 15 is 0 Å². The summed E-state index contributed by atoms with van der Waals surface area (Å²) >= 11 is 0. The second-order valence-electron chi connectivity index (χ2n) is 5.31. The van der Waals surface area contributed by atoms with E-state index in [1.807, 2.05) is 30.0 Å². The lowest BCUT2D eigenvalue weighted by atomic mass is 9.93. The van der Waals surface area contributed by atoms with Crippen molar-refractivity contribution in [2.45, 2.75) is 25.8 Å². The van der Waals surface area contributed by atoms with Crippen molar-refractivity contribution >= 4 is 5.91 Å². The van der Waals surface area contributed by atoms with E-state index in [0.29, 0.717) is 17.7 Å². The topological polar surface area (TPSA) is 45.2 Å². The number of aryl methyl sites for hydroxylation is 1. The number of piperidine rings is 1. The number of carbonyl (C=O) groups excluding carboxylic acids is 1. The quantitative estimate of drug-likeness (QED) is 0.809. The second-order valence-corrected chi connectivity index (χ2v) is 5.31. The van der Waals surface area contributed by atoms with Crippen molar-refractivity contribution in [3.63, 3.8) is 0 Å². The fraction of sp³-hybridized carbons (Fsp3) is 0.571. The van der Waals surface area contributed by atoms with E-state index in [-0.39, 0.29) is 5.91 Å². The normalized spacial score (nSPS) is 27.1. The van der Waals surface area contributed by atoms with Crippen molar-refractivity contribution in [2.24, 2.45) is 5.92 Å². The Balaban J connectivity index is 1.73. The number of rotatable bonds is 1. The van der Waals surface area contributed by atoms with Crippen molar-refractivity contribution in [3.05, 3.63) is 29.6 Å². The molecule has 4 nitrogen and oxygen atoms in total. The maximum atomic E-state index is 12.4. The summed E-state index contributed by atoms with van der Waals surface area (Å²) in [5, 5.41) is 3.51. The lowest BCUT2D eigenvalue weighted by Crippen LogP contribution is -2.47. The zero-order chi connectivity index (χ0) is 12.5. The summed E-state index contributed by atoms with van der Waals surface area (Å²) in [6.07, 6.45) is 2.26. The fourth-order valence-corrected chi connectivity index (χ4v) is 3.06. The summed E-state index contributed by atoms with van der Waals surface area (Å²) in [6, 6.07) is 6.26. The van der Waals surface area contributed by atoms with Gasteiger partial charge in [0.05, 0.1) is 0 Å². The van der Waals surface area contributed by atoms with Gasteiger partial charge in [0.15, 0.2) is 0 Å². The Morgan fingerprint density at radius 1 is 1.44 bits per heavy atom. The van der Waals surface area contributed by atoms with Crippen molar-refractivity contribution in [2.75, 3.05) is 19.6 Å². The van der Waals surface area contributed by atoms with Crippen LogP contribution in [0.4, 0.5) is 0 Å². The summed E-state index contributed by atoms with van der Waals surface area (Å²) in [5.41, 5.74) is 1.48. The molecule has 0 saturated carbocycles. The van der Waals surface area contributed by atoms with Gasteiger partial charge >= 0.3 is 0 Å². The lowest BCUT2D eigenvalue weighted by molar-refractivity contribution is 0.0656. The molecule has 1 amide bonds. The SMILES string of the molecule is Cc1cccc(C(=O)N2CCC3NCCC3C2)n1. The largest absolute Gasteiger partial charge is 0.337 e. The average molecular weight is 245 g/mol. The highest BCUT2D eigenvalue weighted by Gasteiger charge is 2.34. The molecule has 1 aromatic rings. The molecule has 0 aromatic carbocycles. The van der Waals surface area contributed by atoms with Gasteiger partial charge in [-0.2, -0.15) is 0 Å². The van der Waals surface area contributed by atoms with Crippen LogP contribution < -0.4 is 5.32 Å². The van der Waals surface area contributed by atoms with Gasteiger partial charge in [-0.3, -0.25) is 4.79 Å². The minimum Gasteiger partial charge on any atom is -0.337 e. The first-order chi connectivity index (χ1) is 8.74. The smallest absolute Gasteiger partial charge is 0.272 e. The molecule has 2 aliphatic heterocycles. The van der Waals surface area contributed by atoms with Crippen molar-refractivity contribution < 1.29 is 4.79 Å². The van der Waals surface area contributed by atoms with Gasteiger partial charge in [0.2, 0.25) is 0 Å². The minimum absolute atomic E-state index is 0.0871. The molecule has 2 aliphatic rings. The number of amides is 1. The van der Waals surface area contributed by atoms with E-state index in [9.17, 15) is 4.79 Å². The van der Waals surface area contributed by atoms with Gasteiger partial charge in [0, 0.05) is 24.8 Å².